The molecule has 1 aliphatic rings. The van der Waals surface area contributed by atoms with Gasteiger partial charge in [0.25, 0.3) is 0 Å². The lowest BCUT2D eigenvalue weighted by Crippen LogP contribution is -2.36. The number of allylic oxidation sites excluding steroid dienone is 7. The molecule has 0 aromatic heterocycles. The second kappa shape index (κ2) is 11.7. The lowest BCUT2D eigenvalue weighted by molar-refractivity contribution is 0.294. The molecule has 0 radical (unpaired) electrons. The van der Waals surface area contributed by atoms with Crippen LogP contribution in [-0.4, -0.2) is 23.0 Å². The Bertz CT molecular complexity index is 1280. The molecule has 1 heteroatoms. The summed E-state index contributed by atoms with van der Waals surface area (Å²) in [5.74, 6) is 0. The fraction of sp³-hybridized carbons (Fsp3) is 0.389. The highest BCUT2D eigenvalue weighted by atomic mass is 15.4. The van der Waals surface area contributed by atoms with Crippen molar-refractivity contribution in [3.8, 4) is 0 Å². The van der Waals surface area contributed by atoms with E-state index in [1.807, 2.05) is 6.08 Å². The first-order chi connectivity index (χ1) is 17.4. The van der Waals surface area contributed by atoms with E-state index in [0.29, 0.717) is 6.04 Å². The van der Waals surface area contributed by atoms with Crippen LogP contribution in [0.15, 0.2) is 78.9 Å². The number of hydrogen-bond acceptors (Lipinski definition) is 1. The molecule has 1 nitrogen and oxygen atoms in total. The molecule has 0 N–H and O–H groups in total. The van der Waals surface area contributed by atoms with Crippen LogP contribution >= 0.6 is 0 Å². The maximum atomic E-state index is 4.60. The lowest BCUT2D eigenvalue weighted by atomic mass is 9.82. The third-order valence-electron chi connectivity index (χ3n) is 8.41. The van der Waals surface area contributed by atoms with Crippen molar-refractivity contribution in [1.82, 2.24) is 4.90 Å². The van der Waals surface area contributed by atoms with Gasteiger partial charge in [0.05, 0.1) is 0 Å². The van der Waals surface area contributed by atoms with E-state index in [1.54, 1.807) is 0 Å². The zero-order valence-corrected chi connectivity index (χ0v) is 24.8. The molecular weight excluding hydrogens is 446 g/mol. The van der Waals surface area contributed by atoms with Crippen molar-refractivity contribution in [3.63, 3.8) is 0 Å². The number of nitrogens with zero attached hydrogens (tertiary/aromatic N) is 1. The standard InChI is InChI=1S/C36H47N/c1-12-14-35(33-16-15-24(3)25(4)21-33)30(9)26(5)20-27(6)34-18-17-32(22-28(34)7)31(10)36(11,19-13-2)37-23-29(37)8/h12,14-18,20-22,29H,1,10,13,19,23H2,2-9,11H3/b27-20+,30-26+,35-14+. The lowest BCUT2D eigenvalue weighted by Gasteiger charge is -2.34. The van der Waals surface area contributed by atoms with Gasteiger partial charge in [-0.1, -0.05) is 81.1 Å². The van der Waals surface area contributed by atoms with Crippen LogP contribution in [0, 0.1) is 20.8 Å². The number of hydrogen-bond donors (Lipinski definition) is 0. The molecular formula is C36H47N. The summed E-state index contributed by atoms with van der Waals surface area (Å²) in [5, 5.41) is 0. The van der Waals surface area contributed by atoms with Gasteiger partial charge in [-0.15, -0.1) is 0 Å². The highest BCUT2D eigenvalue weighted by Crippen LogP contribution is 2.42. The number of aryl methyl sites for hydroxylation is 3. The molecule has 0 amide bonds. The Morgan fingerprint density at radius 2 is 1.62 bits per heavy atom. The molecule has 3 atom stereocenters. The highest BCUT2D eigenvalue weighted by Gasteiger charge is 2.45. The fourth-order valence-corrected chi connectivity index (χ4v) is 5.67. The Morgan fingerprint density at radius 1 is 1.00 bits per heavy atom. The average Bonchev–Trinajstić information content (AvgIpc) is 3.60. The van der Waals surface area contributed by atoms with Gasteiger partial charge < -0.3 is 0 Å². The Labute approximate surface area is 227 Å². The van der Waals surface area contributed by atoms with Crippen molar-refractivity contribution in [2.24, 2.45) is 0 Å². The topological polar surface area (TPSA) is 3.01 Å². The quantitative estimate of drug-likeness (QED) is 0.235. The summed E-state index contributed by atoms with van der Waals surface area (Å²) in [6, 6.07) is 14.2. The van der Waals surface area contributed by atoms with Crippen LogP contribution in [0.25, 0.3) is 16.7 Å². The molecule has 0 aliphatic carbocycles. The fourth-order valence-electron chi connectivity index (χ4n) is 5.67. The Balaban J connectivity index is 1.93. The highest BCUT2D eigenvalue weighted by molar-refractivity contribution is 5.82. The third kappa shape index (κ3) is 6.16. The number of rotatable bonds is 10. The smallest absolute Gasteiger partial charge is 0.0436 e. The second-order valence-corrected chi connectivity index (χ2v) is 11.3. The SMILES string of the molecule is C=C\C=C(/C(C)=C(C)/C=C(\C)c1ccc(C(=C)C(C)(CCC)N2CC2C)cc1C)c1ccc(C)c(C)c1. The maximum absolute atomic E-state index is 4.60. The largest absolute Gasteiger partial charge is 0.288 e. The predicted octanol–water partition coefficient (Wildman–Crippen LogP) is 9.90. The molecule has 0 spiro atoms. The molecule has 37 heavy (non-hydrogen) atoms. The first-order valence-corrected chi connectivity index (χ1v) is 13.8. The first kappa shape index (κ1) is 28.7. The van der Waals surface area contributed by atoms with E-state index in [2.05, 4.69) is 129 Å². The van der Waals surface area contributed by atoms with Crippen molar-refractivity contribution in [2.75, 3.05) is 6.54 Å². The summed E-state index contributed by atoms with van der Waals surface area (Å²) >= 11 is 0. The van der Waals surface area contributed by atoms with Crippen molar-refractivity contribution < 1.29 is 0 Å². The van der Waals surface area contributed by atoms with Gasteiger partial charge in [0.2, 0.25) is 0 Å². The minimum absolute atomic E-state index is 0.0334. The van der Waals surface area contributed by atoms with Crippen LogP contribution in [0.3, 0.4) is 0 Å². The van der Waals surface area contributed by atoms with Gasteiger partial charge in [-0.25, -0.2) is 0 Å². The summed E-state index contributed by atoms with van der Waals surface area (Å²) in [6.45, 7) is 29.9. The van der Waals surface area contributed by atoms with Gasteiger partial charge in [0, 0.05) is 18.1 Å². The maximum Gasteiger partial charge on any atom is 0.0436 e. The van der Waals surface area contributed by atoms with Crippen LogP contribution < -0.4 is 0 Å². The van der Waals surface area contributed by atoms with E-state index < -0.39 is 0 Å². The zero-order valence-electron chi connectivity index (χ0n) is 24.8. The zero-order chi connectivity index (χ0) is 27.5. The summed E-state index contributed by atoms with van der Waals surface area (Å²) in [5.41, 5.74) is 14.0. The van der Waals surface area contributed by atoms with Crippen molar-refractivity contribution in [2.45, 2.75) is 86.7 Å². The van der Waals surface area contributed by atoms with Crippen molar-refractivity contribution in [1.29, 1.82) is 0 Å². The molecule has 3 unspecified atom stereocenters. The van der Waals surface area contributed by atoms with Crippen molar-refractivity contribution in [3.05, 3.63) is 112 Å². The summed E-state index contributed by atoms with van der Waals surface area (Å²) in [7, 11) is 0. The van der Waals surface area contributed by atoms with E-state index >= 15 is 0 Å². The summed E-state index contributed by atoms with van der Waals surface area (Å²) in [4.78, 5) is 2.59. The number of benzene rings is 2. The van der Waals surface area contributed by atoms with E-state index in [-0.39, 0.29) is 5.54 Å². The van der Waals surface area contributed by atoms with E-state index in [0.717, 1.165) is 12.8 Å². The summed E-state index contributed by atoms with van der Waals surface area (Å²) in [6.07, 6.45) is 8.64. The molecule has 0 bridgehead atoms. The Morgan fingerprint density at radius 3 is 2.16 bits per heavy atom. The van der Waals surface area contributed by atoms with Crippen LogP contribution in [0.1, 0.15) is 87.8 Å². The normalized spacial score (nSPS) is 20.2. The monoisotopic (exact) mass is 493 g/mol. The van der Waals surface area contributed by atoms with Crippen LogP contribution in [0.5, 0.6) is 0 Å². The molecule has 2 aromatic carbocycles. The predicted molar refractivity (Wildman–Crippen MR) is 166 cm³/mol. The van der Waals surface area contributed by atoms with Crippen molar-refractivity contribution >= 4 is 16.7 Å². The molecule has 1 heterocycles. The van der Waals surface area contributed by atoms with Gasteiger partial charge >= 0.3 is 0 Å². The third-order valence-corrected chi connectivity index (χ3v) is 8.41. The van der Waals surface area contributed by atoms with Gasteiger partial charge in [-0.05, 0) is 123 Å². The van der Waals surface area contributed by atoms with E-state index in [1.165, 1.54) is 67.8 Å². The summed E-state index contributed by atoms with van der Waals surface area (Å²) < 4.78 is 0. The molecule has 3 rings (SSSR count). The van der Waals surface area contributed by atoms with Gasteiger partial charge in [-0.3, -0.25) is 4.90 Å². The molecule has 1 saturated heterocycles. The van der Waals surface area contributed by atoms with E-state index in [4.69, 9.17) is 0 Å². The van der Waals surface area contributed by atoms with Crippen LogP contribution in [0.2, 0.25) is 0 Å². The van der Waals surface area contributed by atoms with Crippen LogP contribution in [0.4, 0.5) is 0 Å². The van der Waals surface area contributed by atoms with Crippen LogP contribution in [-0.2, 0) is 0 Å². The molecule has 0 saturated carbocycles. The Hall–Kier alpha value is -2.90. The van der Waals surface area contributed by atoms with Gasteiger partial charge in [0.15, 0.2) is 0 Å². The van der Waals surface area contributed by atoms with Gasteiger partial charge in [0.1, 0.15) is 0 Å². The molecule has 1 fully saturated rings. The first-order valence-electron chi connectivity index (χ1n) is 13.8. The second-order valence-electron chi connectivity index (χ2n) is 11.3. The molecule has 1 aliphatic heterocycles. The molecule has 196 valence electrons. The van der Waals surface area contributed by atoms with E-state index in [9.17, 15) is 0 Å². The molecule has 2 aromatic rings. The van der Waals surface area contributed by atoms with Gasteiger partial charge in [-0.2, -0.15) is 0 Å². The average molecular weight is 494 g/mol. The minimum atomic E-state index is 0.0334. The minimum Gasteiger partial charge on any atom is -0.288 e. The Kier molecular flexibility index (Phi) is 9.03.